The highest BCUT2D eigenvalue weighted by molar-refractivity contribution is 6.27. The van der Waals surface area contributed by atoms with Gasteiger partial charge in [0.25, 0.3) is 0 Å². The molecule has 2 aromatic rings. The molecular formula is C17H16ClNO2. The predicted molar refractivity (Wildman–Crippen MR) is 83.4 cm³/mol. The summed E-state index contributed by atoms with van der Waals surface area (Å²) in [6, 6.07) is 18.1. The van der Waals surface area contributed by atoms with Crippen molar-refractivity contribution in [2.45, 2.75) is 12.5 Å². The lowest BCUT2D eigenvalue weighted by Gasteiger charge is -2.18. The molecule has 0 aromatic heterocycles. The van der Waals surface area contributed by atoms with Crippen molar-refractivity contribution in [3.8, 4) is 0 Å². The van der Waals surface area contributed by atoms with Crippen LogP contribution in [0.2, 0.25) is 0 Å². The van der Waals surface area contributed by atoms with E-state index in [0.717, 1.165) is 5.56 Å². The topological polar surface area (TPSA) is 46.2 Å². The van der Waals surface area contributed by atoms with Gasteiger partial charge in [0.2, 0.25) is 5.91 Å². The summed E-state index contributed by atoms with van der Waals surface area (Å²) in [5.74, 6) is -0.422. The highest BCUT2D eigenvalue weighted by atomic mass is 35.5. The summed E-state index contributed by atoms with van der Waals surface area (Å²) in [7, 11) is 0. The van der Waals surface area contributed by atoms with E-state index in [1.54, 1.807) is 12.1 Å². The summed E-state index contributed by atoms with van der Waals surface area (Å²) in [6.07, 6.45) is 0.205. The predicted octanol–water partition coefficient (Wildman–Crippen LogP) is 3.36. The second kappa shape index (κ2) is 7.60. The summed E-state index contributed by atoms with van der Waals surface area (Å²) in [5, 5.41) is 2.79. The van der Waals surface area contributed by atoms with Crippen molar-refractivity contribution in [3.05, 3.63) is 71.8 Å². The monoisotopic (exact) mass is 301 g/mol. The third-order valence-corrected chi connectivity index (χ3v) is 3.39. The smallest absolute Gasteiger partial charge is 0.235 e. The molecule has 0 saturated heterocycles. The van der Waals surface area contributed by atoms with Gasteiger partial charge < -0.3 is 5.32 Å². The van der Waals surface area contributed by atoms with E-state index in [2.05, 4.69) is 5.32 Å². The van der Waals surface area contributed by atoms with Gasteiger partial charge >= 0.3 is 0 Å². The number of benzene rings is 2. The van der Waals surface area contributed by atoms with Gasteiger partial charge in [-0.2, -0.15) is 0 Å². The van der Waals surface area contributed by atoms with Crippen molar-refractivity contribution in [1.29, 1.82) is 0 Å². The van der Waals surface area contributed by atoms with Crippen LogP contribution in [0.25, 0.3) is 0 Å². The summed E-state index contributed by atoms with van der Waals surface area (Å²) < 4.78 is 0. The number of rotatable bonds is 6. The Morgan fingerprint density at radius 2 is 1.52 bits per heavy atom. The van der Waals surface area contributed by atoms with Crippen LogP contribution in [-0.2, 0) is 4.79 Å². The van der Waals surface area contributed by atoms with Crippen LogP contribution >= 0.6 is 11.6 Å². The molecule has 1 amide bonds. The van der Waals surface area contributed by atoms with E-state index in [9.17, 15) is 9.59 Å². The van der Waals surface area contributed by atoms with E-state index >= 15 is 0 Å². The number of nitrogens with one attached hydrogen (secondary N) is 1. The Bertz CT molecular complexity index is 599. The standard InChI is InChI=1S/C17H16ClNO2/c18-12-17(21)19-15(13-7-3-1-4-8-13)11-16(20)14-9-5-2-6-10-14/h1-10,15H,11-12H2,(H,19,21)/t15-/m1/s1. The maximum atomic E-state index is 12.3. The van der Waals surface area contributed by atoms with Crippen molar-refractivity contribution in [2.24, 2.45) is 0 Å². The number of hydrogen-bond donors (Lipinski definition) is 1. The summed E-state index contributed by atoms with van der Waals surface area (Å²) >= 11 is 5.54. The van der Waals surface area contributed by atoms with Crippen molar-refractivity contribution < 1.29 is 9.59 Å². The minimum absolute atomic E-state index is 0.0145. The number of halogens is 1. The molecule has 0 aliphatic heterocycles. The first kappa shape index (κ1) is 15.3. The van der Waals surface area contributed by atoms with Crippen LogP contribution in [0.3, 0.4) is 0 Å². The summed E-state index contributed by atoms with van der Waals surface area (Å²) in [6.45, 7) is 0. The van der Waals surface area contributed by atoms with Crippen molar-refractivity contribution in [2.75, 3.05) is 5.88 Å². The molecule has 2 rings (SSSR count). The van der Waals surface area contributed by atoms with E-state index in [4.69, 9.17) is 11.6 Å². The van der Waals surface area contributed by atoms with Crippen LogP contribution in [-0.4, -0.2) is 17.6 Å². The Morgan fingerprint density at radius 3 is 2.10 bits per heavy atom. The highest BCUT2D eigenvalue weighted by Gasteiger charge is 2.18. The van der Waals surface area contributed by atoms with Crippen molar-refractivity contribution in [1.82, 2.24) is 5.32 Å². The van der Waals surface area contributed by atoms with Crippen molar-refractivity contribution >= 4 is 23.3 Å². The maximum Gasteiger partial charge on any atom is 0.235 e. The molecule has 0 radical (unpaired) electrons. The summed E-state index contributed by atoms with van der Waals surface area (Å²) in [5.41, 5.74) is 1.53. The van der Waals surface area contributed by atoms with Crippen LogP contribution in [0.4, 0.5) is 0 Å². The molecule has 1 atom stereocenters. The minimum Gasteiger partial charge on any atom is -0.348 e. The molecule has 0 unspecified atom stereocenters. The fourth-order valence-corrected chi connectivity index (χ4v) is 2.17. The average molecular weight is 302 g/mol. The van der Waals surface area contributed by atoms with Gasteiger partial charge in [-0.3, -0.25) is 9.59 Å². The molecule has 4 heteroatoms. The minimum atomic E-state index is -0.370. The highest BCUT2D eigenvalue weighted by Crippen LogP contribution is 2.19. The molecule has 1 N–H and O–H groups in total. The lowest BCUT2D eigenvalue weighted by molar-refractivity contribution is -0.119. The largest absolute Gasteiger partial charge is 0.348 e. The SMILES string of the molecule is O=C(CCl)N[C@H](CC(=O)c1ccccc1)c1ccccc1. The van der Waals surface area contributed by atoms with Gasteiger partial charge in [0.1, 0.15) is 5.88 Å². The van der Waals surface area contributed by atoms with Gasteiger partial charge in [-0.25, -0.2) is 0 Å². The number of alkyl halides is 1. The zero-order chi connectivity index (χ0) is 15.1. The molecule has 0 spiro atoms. The maximum absolute atomic E-state index is 12.3. The number of carbonyl (C=O) groups excluding carboxylic acids is 2. The Morgan fingerprint density at radius 1 is 0.952 bits per heavy atom. The first-order chi connectivity index (χ1) is 10.2. The number of hydrogen-bond acceptors (Lipinski definition) is 2. The van der Waals surface area contributed by atoms with E-state index in [0.29, 0.717) is 5.56 Å². The zero-order valence-electron chi connectivity index (χ0n) is 11.5. The van der Waals surface area contributed by atoms with Crippen LogP contribution in [0.15, 0.2) is 60.7 Å². The second-order valence-corrected chi connectivity index (χ2v) is 4.93. The Hall–Kier alpha value is -2.13. The van der Waals surface area contributed by atoms with Crippen LogP contribution in [0.5, 0.6) is 0 Å². The molecule has 21 heavy (non-hydrogen) atoms. The van der Waals surface area contributed by atoms with Gasteiger partial charge in [-0.15, -0.1) is 11.6 Å². The van der Waals surface area contributed by atoms with Gasteiger partial charge in [-0.05, 0) is 5.56 Å². The number of Topliss-reactive ketones (excluding diaryl/α,β-unsaturated/α-hetero) is 1. The van der Waals surface area contributed by atoms with E-state index < -0.39 is 0 Å². The summed E-state index contributed by atoms with van der Waals surface area (Å²) in [4.78, 5) is 23.9. The molecule has 0 heterocycles. The molecule has 0 fully saturated rings. The fraction of sp³-hybridized carbons (Fsp3) is 0.176. The third kappa shape index (κ3) is 4.43. The normalized spacial score (nSPS) is 11.7. The quantitative estimate of drug-likeness (QED) is 0.657. The van der Waals surface area contributed by atoms with Gasteiger partial charge in [-0.1, -0.05) is 60.7 Å². The molecule has 2 aromatic carbocycles. The molecule has 3 nitrogen and oxygen atoms in total. The molecule has 108 valence electrons. The third-order valence-electron chi connectivity index (χ3n) is 3.14. The molecule has 0 bridgehead atoms. The zero-order valence-corrected chi connectivity index (χ0v) is 12.2. The van der Waals surface area contributed by atoms with Crippen molar-refractivity contribution in [3.63, 3.8) is 0 Å². The number of amides is 1. The van der Waals surface area contributed by atoms with Gasteiger partial charge in [0.15, 0.2) is 5.78 Å². The molecule has 0 aliphatic rings. The number of carbonyl (C=O) groups is 2. The lowest BCUT2D eigenvalue weighted by Crippen LogP contribution is -2.31. The lowest BCUT2D eigenvalue weighted by atomic mass is 9.98. The second-order valence-electron chi connectivity index (χ2n) is 4.66. The Kier molecular flexibility index (Phi) is 5.52. The van der Waals surface area contributed by atoms with E-state index in [1.807, 2.05) is 48.5 Å². The van der Waals surface area contributed by atoms with Crippen LogP contribution < -0.4 is 5.32 Å². The van der Waals surface area contributed by atoms with Crippen LogP contribution in [0.1, 0.15) is 28.4 Å². The van der Waals surface area contributed by atoms with Gasteiger partial charge in [0, 0.05) is 12.0 Å². The van der Waals surface area contributed by atoms with E-state index in [1.165, 1.54) is 0 Å². The van der Waals surface area contributed by atoms with Crippen LogP contribution in [0, 0.1) is 0 Å². The first-order valence-electron chi connectivity index (χ1n) is 6.69. The molecule has 0 saturated carbocycles. The average Bonchev–Trinajstić information content (AvgIpc) is 2.55. The number of ketones is 1. The first-order valence-corrected chi connectivity index (χ1v) is 7.22. The van der Waals surface area contributed by atoms with E-state index in [-0.39, 0.29) is 30.0 Å². The fourth-order valence-electron chi connectivity index (χ4n) is 2.10. The van der Waals surface area contributed by atoms with Gasteiger partial charge in [0.05, 0.1) is 6.04 Å². The Labute approximate surface area is 128 Å². The Balaban J connectivity index is 2.16. The molecular weight excluding hydrogens is 286 g/mol. The molecule has 0 aliphatic carbocycles.